The third-order valence-electron chi connectivity index (χ3n) is 4.83. The number of H-pyrrole nitrogens is 1. The molecule has 0 bridgehead atoms. The first kappa shape index (κ1) is 24.9. The Morgan fingerprint density at radius 3 is 2.65 bits per heavy atom. The molecule has 2 aromatic rings. The fourth-order valence-electron chi connectivity index (χ4n) is 3.24. The predicted molar refractivity (Wildman–Crippen MR) is 120 cm³/mol. The summed E-state index contributed by atoms with van der Waals surface area (Å²) in [6.07, 6.45) is 3.78. The van der Waals surface area contributed by atoms with Gasteiger partial charge in [-0.25, -0.2) is 13.2 Å². The first-order chi connectivity index (χ1) is 14.7. The molecule has 1 N–H and O–H groups in total. The summed E-state index contributed by atoms with van der Waals surface area (Å²) in [5, 5.41) is 0. The summed E-state index contributed by atoms with van der Waals surface area (Å²) < 4.78 is 37.5. The Morgan fingerprint density at radius 2 is 1.94 bits per heavy atom. The molecule has 31 heavy (non-hydrogen) atoms. The fourth-order valence-corrected chi connectivity index (χ4v) is 4.92. The van der Waals surface area contributed by atoms with Crippen molar-refractivity contribution < 1.29 is 17.9 Å². The normalized spacial score (nSPS) is 13.6. The summed E-state index contributed by atoms with van der Waals surface area (Å²) in [7, 11) is -3.27. The minimum absolute atomic E-state index is 0.00157. The van der Waals surface area contributed by atoms with Gasteiger partial charge in [-0.3, -0.25) is 14.3 Å². The first-order valence-corrected chi connectivity index (χ1v) is 12.4. The van der Waals surface area contributed by atoms with Gasteiger partial charge >= 0.3 is 5.69 Å². The van der Waals surface area contributed by atoms with E-state index in [4.69, 9.17) is 9.47 Å². The molecule has 2 rings (SSSR count). The van der Waals surface area contributed by atoms with E-state index in [1.54, 1.807) is 0 Å². The summed E-state index contributed by atoms with van der Waals surface area (Å²) in [6.45, 7) is 6.18. The molecule has 0 amide bonds. The number of hydrogen-bond acceptors (Lipinski definition) is 6. The van der Waals surface area contributed by atoms with Crippen LogP contribution in [0.25, 0.3) is 0 Å². The number of nitrogens with one attached hydrogen (secondary N) is 1. The predicted octanol–water partition coefficient (Wildman–Crippen LogP) is 2.69. The van der Waals surface area contributed by atoms with Gasteiger partial charge in [0.1, 0.15) is 12.5 Å². The number of rotatable bonds is 13. The topological polar surface area (TPSA) is 107 Å². The second-order valence-electron chi connectivity index (χ2n) is 7.78. The van der Waals surface area contributed by atoms with E-state index in [1.807, 2.05) is 38.1 Å². The summed E-state index contributed by atoms with van der Waals surface area (Å²) >= 11 is 0. The van der Waals surface area contributed by atoms with Crippen molar-refractivity contribution in [3.63, 3.8) is 0 Å². The molecule has 0 aliphatic rings. The number of sulfone groups is 1. The average molecular weight is 453 g/mol. The van der Waals surface area contributed by atoms with E-state index in [9.17, 15) is 18.0 Å². The van der Waals surface area contributed by atoms with Crippen molar-refractivity contribution in [2.24, 2.45) is 0 Å². The Bertz CT molecular complexity index is 1040. The molecule has 0 aliphatic heterocycles. The molecule has 0 aliphatic carbocycles. The molecule has 0 radical (unpaired) electrons. The van der Waals surface area contributed by atoms with Gasteiger partial charge in [-0.1, -0.05) is 32.4 Å². The van der Waals surface area contributed by atoms with Crippen LogP contribution in [0, 0.1) is 0 Å². The lowest BCUT2D eigenvalue weighted by Crippen LogP contribution is -2.29. The van der Waals surface area contributed by atoms with Crippen LogP contribution in [0.3, 0.4) is 0 Å². The minimum atomic E-state index is -3.27. The molecule has 0 spiro atoms. The molecule has 1 aromatic heterocycles. The van der Waals surface area contributed by atoms with Crippen molar-refractivity contribution in [3.8, 4) is 5.75 Å². The summed E-state index contributed by atoms with van der Waals surface area (Å²) in [4.78, 5) is 24.7. The van der Waals surface area contributed by atoms with Gasteiger partial charge in [0.25, 0.3) is 5.56 Å². The molecule has 0 saturated heterocycles. The Kier molecular flexibility index (Phi) is 9.51. The monoisotopic (exact) mass is 452 g/mol. The third-order valence-corrected chi connectivity index (χ3v) is 6.75. The van der Waals surface area contributed by atoms with Gasteiger partial charge in [-0.2, -0.15) is 0 Å². The van der Waals surface area contributed by atoms with Crippen LogP contribution in [-0.2, 0) is 21.3 Å². The second-order valence-corrected chi connectivity index (χ2v) is 10.0. The van der Waals surface area contributed by atoms with Crippen molar-refractivity contribution >= 4 is 9.84 Å². The van der Waals surface area contributed by atoms with Crippen LogP contribution in [0.4, 0.5) is 0 Å². The zero-order chi connectivity index (χ0) is 22.9. The van der Waals surface area contributed by atoms with Crippen LogP contribution in [0.5, 0.6) is 5.75 Å². The van der Waals surface area contributed by atoms with Crippen LogP contribution in [0.1, 0.15) is 51.5 Å². The quantitative estimate of drug-likeness (QED) is 0.468. The van der Waals surface area contributed by atoms with Crippen molar-refractivity contribution in [1.82, 2.24) is 9.55 Å². The zero-order valence-electron chi connectivity index (χ0n) is 18.4. The molecule has 1 aromatic carbocycles. The Labute approximate surface area is 183 Å². The zero-order valence-corrected chi connectivity index (χ0v) is 19.2. The maximum Gasteiger partial charge on any atom is 0.330 e. The van der Waals surface area contributed by atoms with Gasteiger partial charge in [0, 0.05) is 18.9 Å². The van der Waals surface area contributed by atoms with Crippen molar-refractivity contribution in [2.45, 2.75) is 58.8 Å². The van der Waals surface area contributed by atoms with Crippen LogP contribution >= 0.6 is 0 Å². The minimum Gasteiger partial charge on any atom is -0.491 e. The lowest BCUT2D eigenvalue weighted by atomic mass is 10.0. The van der Waals surface area contributed by atoms with E-state index in [0.717, 1.165) is 24.2 Å². The van der Waals surface area contributed by atoms with Gasteiger partial charge in [0.15, 0.2) is 9.84 Å². The molecule has 8 nitrogen and oxygen atoms in total. The van der Waals surface area contributed by atoms with Crippen LogP contribution in [0.15, 0.2) is 46.1 Å². The van der Waals surface area contributed by atoms with E-state index >= 15 is 0 Å². The number of aromatic nitrogens is 2. The lowest BCUT2D eigenvalue weighted by Gasteiger charge is -2.17. The molecule has 172 valence electrons. The average Bonchev–Trinajstić information content (AvgIpc) is 2.69. The SMILES string of the molecule is CCC[C@H](C)Oc1cccc([C@@H](C)CS(=O)(=O)CCCOCn2ccc(=O)[nH]c2=O)c1. The number of nitrogens with zero attached hydrogens (tertiary/aromatic N) is 1. The Balaban J connectivity index is 1.81. The summed E-state index contributed by atoms with van der Waals surface area (Å²) in [6, 6.07) is 8.84. The van der Waals surface area contributed by atoms with E-state index < -0.39 is 21.1 Å². The lowest BCUT2D eigenvalue weighted by molar-refractivity contribution is 0.0745. The Hall–Kier alpha value is -2.39. The number of ether oxygens (including phenoxy) is 2. The smallest absolute Gasteiger partial charge is 0.330 e. The van der Waals surface area contributed by atoms with Gasteiger partial charge in [-0.05, 0) is 43.4 Å². The summed E-state index contributed by atoms with van der Waals surface area (Å²) in [5.74, 6) is 0.645. The highest BCUT2D eigenvalue weighted by Crippen LogP contribution is 2.23. The van der Waals surface area contributed by atoms with Gasteiger partial charge in [0.05, 0.1) is 17.6 Å². The fraction of sp³-hybridized carbons (Fsp3) is 0.545. The largest absolute Gasteiger partial charge is 0.491 e. The highest BCUT2D eigenvalue weighted by Gasteiger charge is 2.18. The van der Waals surface area contributed by atoms with Crippen molar-refractivity contribution in [3.05, 3.63) is 62.9 Å². The van der Waals surface area contributed by atoms with Crippen molar-refractivity contribution in [1.29, 1.82) is 0 Å². The van der Waals surface area contributed by atoms with Gasteiger partial charge in [-0.15, -0.1) is 0 Å². The molecular formula is C22H32N2O6S. The molecule has 2 atom stereocenters. The van der Waals surface area contributed by atoms with Crippen molar-refractivity contribution in [2.75, 3.05) is 18.1 Å². The maximum atomic E-state index is 12.5. The van der Waals surface area contributed by atoms with Gasteiger partial charge < -0.3 is 9.47 Å². The second kappa shape index (κ2) is 11.9. The van der Waals surface area contributed by atoms with E-state index in [2.05, 4.69) is 11.9 Å². The maximum absolute atomic E-state index is 12.5. The standard InChI is InChI=1S/C22H32N2O6S/c1-4-7-18(3)30-20-9-5-8-19(14-20)17(2)15-31(27,28)13-6-12-29-16-24-11-10-21(25)23-22(24)26/h5,8-11,14,17-18H,4,6-7,12-13,15-16H2,1-3H3,(H,23,25,26)/t17-,18-/m0/s1. The van der Waals surface area contributed by atoms with E-state index in [1.165, 1.54) is 16.8 Å². The van der Waals surface area contributed by atoms with E-state index in [-0.39, 0.29) is 36.9 Å². The van der Waals surface area contributed by atoms with Gasteiger partial charge in [0.2, 0.25) is 0 Å². The number of hydrogen-bond donors (Lipinski definition) is 1. The van der Waals surface area contributed by atoms with Crippen LogP contribution < -0.4 is 16.0 Å². The first-order valence-electron chi connectivity index (χ1n) is 10.5. The molecule has 9 heteroatoms. The Morgan fingerprint density at radius 1 is 1.16 bits per heavy atom. The highest BCUT2D eigenvalue weighted by molar-refractivity contribution is 7.91. The third kappa shape index (κ3) is 8.70. The molecule has 1 heterocycles. The van der Waals surface area contributed by atoms with Crippen LogP contribution in [-0.4, -0.2) is 42.2 Å². The molecule has 0 unspecified atom stereocenters. The number of benzene rings is 1. The molecular weight excluding hydrogens is 420 g/mol. The van der Waals surface area contributed by atoms with E-state index in [0.29, 0.717) is 6.42 Å². The number of aromatic amines is 1. The summed E-state index contributed by atoms with van der Waals surface area (Å²) in [5.41, 5.74) is -0.114. The van der Waals surface area contributed by atoms with Crippen LogP contribution in [0.2, 0.25) is 0 Å². The molecule has 0 saturated carbocycles. The molecule has 0 fully saturated rings. The highest BCUT2D eigenvalue weighted by atomic mass is 32.2.